The normalized spacial score (nSPS) is 14.2. The maximum absolute atomic E-state index is 14.0. The summed E-state index contributed by atoms with van der Waals surface area (Å²) in [5.74, 6) is 1.19. The molecule has 4 rings (SSSR count). The number of aryl methyl sites for hydroxylation is 1. The number of halogens is 2. The average Bonchev–Trinajstić information content (AvgIpc) is 2.70. The highest BCUT2D eigenvalue weighted by molar-refractivity contribution is 6.33. The number of hydrogen-bond donors (Lipinski definition) is 1. The van der Waals surface area contributed by atoms with Crippen LogP contribution in [0.15, 0.2) is 54.6 Å². The van der Waals surface area contributed by atoms with Crippen molar-refractivity contribution in [3.8, 4) is 0 Å². The maximum Gasteiger partial charge on any atom is 0.229 e. The molecule has 1 N–H and O–H groups in total. The van der Waals surface area contributed by atoms with Crippen molar-refractivity contribution in [3.05, 3.63) is 71.1 Å². The third-order valence-electron chi connectivity index (χ3n) is 4.76. The van der Waals surface area contributed by atoms with Gasteiger partial charge in [0.2, 0.25) is 5.95 Å². The molecule has 144 valence electrons. The molecule has 1 fully saturated rings. The summed E-state index contributed by atoms with van der Waals surface area (Å²) < 4.78 is 14.0. The lowest BCUT2D eigenvalue weighted by Crippen LogP contribution is -2.47. The summed E-state index contributed by atoms with van der Waals surface area (Å²) in [5.41, 5.74) is 2.29. The molecule has 0 unspecified atom stereocenters. The third kappa shape index (κ3) is 4.02. The minimum absolute atomic E-state index is 0.181. The van der Waals surface area contributed by atoms with E-state index in [-0.39, 0.29) is 5.82 Å². The fourth-order valence-corrected chi connectivity index (χ4v) is 3.52. The Hall–Kier alpha value is -2.86. The van der Waals surface area contributed by atoms with E-state index < -0.39 is 0 Å². The quantitative estimate of drug-likeness (QED) is 0.694. The van der Waals surface area contributed by atoms with Crippen LogP contribution in [0.2, 0.25) is 5.02 Å². The molecule has 1 saturated heterocycles. The molecular weight excluding hydrogens is 377 g/mol. The molecule has 0 saturated carbocycles. The van der Waals surface area contributed by atoms with Gasteiger partial charge in [-0.1, -0.05) is 35.9 Å². The summed E-state index contributed by atoms with van der Waals surface area (Å²) in [6.07, 6.45) is 0. The molecular formula is C21H21ClFN5. The van der Waals surface area contributed by atoms with Gasteiger partial charge in [-0.15, -0.1) is 0 Å². The van der Waals surface area contributed by atoms with Crippen molar-refractivity contribution < 1.29 is 4.39 Å². The Kier molecular flexibility index (Phi) is 5.30. The summed E-state index contributed by atoms with van der Waals surface area (Å²) in [4.78, 5) is 13.4. The topological polar surface area (TPSA) is 44.3 Å². The number of nitrogens with one attached hydrogen (secondary N) is 1. The van der Waals surface area contributed by atoms with Gasteiger partial charge in [-0.25, -0.2) is 9.37 Å². The summed E-state index contributed by atoms with van der Waals surface area (Å²) in [5, 5.41) is 3.81. The molecule has 7 heteroatoms. The van der Waals surface area contributed by atoms with Gasteiger partial charge in [0.25, 0.3) is 0 Å². The Labute approximate surface area is 168 Å². The summed E-state index contributed by atoms with van der Waals surface area (Å²) in [7, 11) is 0. The number of anilines is 4. The molecule has 5 nitrogen and oxygen atoms in total. The van der Waals surface area contributed by atoms with Crippen LogP contribution in [0.1, 0.15) is 5.69 Å². The van der Waals surface area contributed by atoms with Gasteiger partial charge in [0.1, 0.15) is 11.6 Å². The predicted octanol–water partition coefficient (Wildman–Crippen LogP) is 4.65. The molecule has 0 amide bonds. The SMILES string of the molecule is Cc1cc(N2CCN(c3ccccc3F)CC2)nc(Nc2ccccc2Cl)n1. The highest BCUT2D eigenvalue weighted by Gasteiger charge is 2.21. The zero-order valence-corrected chi connectivity index (χ0v) is 16.3. The van der Waals surface area contributed by atoms with E-state index in [2.05, 4.69) is 25.1 Å². The van der Waals surface area contributed by atoms with Gasteiger partial charge in [0.15, 0.2) is 0 Å². The lowest BCUT2D eigenvalue weighted by molar-refractivity contribution is 0.596. The second kappa shape index (κ2) is 8.02. The second-order valence-electron chi connectivity index (χ2n) is 6.72. The van der Waals surface area contributed by atoms with Gasteiger partial charge in [-0.3, -0.25) is 0 Å². The van der Waals surface area contributed by atoms with Crippen LogP contribution in [-0.4, -0.2) is 36.1 Å². The molecule has 0 atom stereocenters. The minimum Gasteiger partial charge on any atom is -0.366 e. The molecule has 28 heavy (non-hydrogen) atoms. The van der Waals surface area contributed by atoms with Crippen molar-refractivity contribution in [3.63, 3.8) is 0 Å². The molecule has 0 bridgehead atoms. The van der Waals surface area contributed by atoms with E-state index in [0.29, 0.717) is 16.7 Å². The molecule has 1 aliphatic rings. The van der Waals surface area contributed by atoms with Crippen molar-refractivity contribution in [1.29, 1.82) is 0 Å². The first-order chi connectivity index (χ1) is 13.6. The molecule has 2 aromatic carbocycles. The van der Waals surface area contributed by atoms with E-state index in [0.717, 1.165) is 43.4 Å². The first-order valence-electron chi connectivity index (χ1n) is 9.22. The van der Waals surface area contributed by atoms with Gasteiger partial charge in [0, 0.05) is 37.9 Å². The first kappa shape index (κ1) is 18.5. The van der Waals surface area contributed by atoms with E-state index in [1.807, 2.05) is 49.4 Å². The Bertz CT molecular complexity index is 973. The monoisotopic (exact) mass is 397 g/mol. The molecule has 1 aromatic heterocycles. The van der Waals surface area contributed by atoms with Crippen LogP contribution in [0.5, 0.6) is 0 Å². The third-order valence-corrected chi connectivity index (χ3v) is 5.09. The van der Waals surface area contributed by atoms with E-state index in [4.69, 9.17) is 11.6 Å². The lowest BCUT2D eigenvalue weighted by Gasteiger charge is -2.37. The van der Waals surface area contributed by atoms with Gasteiger partial charge >= 0.3 is 0 Å². The summed E-state index contributed by atoms with van der Waals surface area (Å²) >= 11 is 6.22. The van der Waals surface area contributed by atoms with Crippen LogP contribution in [-0.2, 0) is 0 Å². The molecule has 3 aromatic rings. The van der Waals surface area contributed by atoms with Crippen molar-refractivity contribution in [2.75, 3.05) is 41.3 Å². The number of piperazine rings is 1. The number of para-hydroxylation sites is 2. The van der Waals surface area contributed by atoms with Crippen molar-refractivity contribution in [2.45, 2.75) is 6.92 Å². The molecule has 0 spiro atoms. The Morgan fingerprint density at radius 1 is 0.929 bits per heavy atom. The summed E-state index contributed by atoms with van der Waals surface area (Å²) in [6.45, 7) is 4.93. The zero-order chi connectivity index (χ0) is 19.5. The standard InChI is InChI=1S/C21H21ClFN5/c1-15-14-20(26-21(24-15)25-18-8-4-2-6-16(18)22)28-12-10-27(11-13-28)19-9-5-3-7-17(19)23/h2-9,14H,10-13H2,1H3,(H,24,25,26). The highest BCUT2D eigenvalue weighted by atomic mass is 35.5. The smallest absolute Gasteiger partial charge is 0.229 e. The van der Waals surface area contributed by atoms with Crippen LogP contribution in [0.25, 0.3) is 0 Å². The van der Waals surface area contributed by atoms with Crippen LogP contribution in [0, 0.1) is 12.7 Å². The molecule has 1 aliphatic heterocycles. The zero-order valence-electron chi connectivity index (χ0n) is 15.6. The van der Waals surface area contributed by atoms with E-state index >= 15 is 0 Å². The minimum atomic E-state index is -0.181. The largest absolute Gasteiger partial charge is 0.366 e. The molecule has 0 radical (unpaired) electrons. The van der Waals surface area contributed by atoms with Crippen LogP contribution >= 0.6 is 11.6 Å². The molecule has 2 heterocycles. The number of rotatable bonds is 4. The van der Waals surface area contributed by atoms with Gasteiger partial charge in [-0.2, -0.15) is 4.98 Å². The van der Waals surface area contributed by atoms with Crippen molar-refractivity contribution in [2.24, 2.45) is 0 Å². The lowest BCUT2D eigenvalue weighted by atomic mass is 10.2. The predicted molar refractivity (Wildman–Crippen MR) is 112 cm³/mol. The Balaban J connectivity index is 1.49. The first-order valence-corrected chi connectivity index (χ1v) is 9.59. The van der Waals surface area contributed by atoms with E-state index in [1.54, 1.807) is 6.07 Å². The second-order valence-corrected chi connectivity index (χ2v) is 7.13. The van der Waals surface area contributed by atoms with Crippen molar-refractivity contribution in [1.82, 2.24) is 9.97 Å². The van der Waals surface area contributed by atoms with E-state index in [9.17, 15) is 4.39 Å². The van der Waals surface area contributed by atoms with Gasteiger partial charge < -0.3 is 15.1 Å². The number of nitrogens with zero attached hydrogens (tertiary/aromatic N) is 4. The molecule has 0 aliphatic carbocycles. The maximum atomic E-state index is 14.0. The fraction of sp³-hybridized carbons (Fsp3) is 0.238. The van der Waals surface area contributed by atoms with E-state index in [1.165, 1.54) is 6.07 Å². The van der Waals surface area contributed by atoms with Crippen molar-refractivity contribution >= 4 is 34.7 Å². The van der Waals surface area contributed by atoms with Gasteiger partial charge in [0.05, 0.1) is 16.4 Å². The highest BCUT2D eigenvalue weighted by Crippen LogP contribution is 2.26. The summed E-state index contributed by atoms with van der Waals surface area (Å²) in [6, 6.07) is 16.4. The van der Waals surface area contributed by atoms with Crippen LogP contribution in [0.4, 0.5) is 27.5 Å². The number of benzene rings is 2. The Morgan fingerprint density at radius 3 is 2.36 bits per heavy atom. The van der Waals surface area contributed by atoms with Gasteiger partial charge in [-0.05, 0) is 31.2 Å². The van der Waals surface area contributed by atoms with Crippen LogP contribution in [0.3, 0.4) is 0 Å². The number of aromatic nitrogens is 2. The average molecular weight is 398 g/mol. The van der Waals surface area contributed by atoms with Crippen LogP contribution < -0.4 is 15.1 Å². The fourth-order valence-electron chi connectivity index (χ4n) is 3.34. The Morgan fingerprint density at radius 2 is 1.61 bits per heavy atom. The number of hydrogen-bond acceptors (Lipinski definition) is 5.